The molecule has 2 N–H and O–H groups in total. The van der Waals surface area contributed by atoms with E-state index in [9.17, 15) is 4.79 Å². The lowest BCUT2D eigenvalue weighted by Crippen LogP contribution is -2.37. The molecule has 0 aromatic heterocycles. The minimum absolute atomic E-state index is 0.0572. The van der Waals surface area contributed by atoms with Crippen molar-refractivity contribution < 1.29 is 9.90 Å². The summed E-state index contributed by atoms with van der Waals surface area (Å²) < 4.78 is 0. The van der Waals surface area contributed by atoms with Crippen molar-refractivity contribution >= 4 is 5.97 Å². The van der Waals surface area contributed by atoms with Gasteiger partial charge in [-0.3, -0.25) is 0 Å². The molecule has 0 fully saturated rings. The summed E-state index contributed by atoms with van der Waals surface area (Å²) in [7, 11) is 0. The van der Waals surface area contributed by atoms with Gasteiger partial charge in [-0.2, -0.15) is 0 Å². The number of hydrogen-bond acceptors (Lipinski definition) is 2. The first kappa shape index (κ1) is 10.2. The highest BCUT2D eigenvalue weighted by Gasteiger charge is 2.11. The molecule has 0 aromatic carbocycles. The molecule has 0 saturated heterocycles. The molecule has 0 radical (unpaired) electrons. The molecule has 0 bridgehead atoms. The first-order valence-corrected chi connectivity index (χ1v) is 3.49. The predicted molar refractivity (Wildman–Crippen MR) is 44.5 cm³/mol. The van der Waals surface area contributed by atoms with Crippen LogP contribution in [0.3, 0.4) is 0 Å². The fraction of sp³-hybridized carbons (Fsp3) is 0.625. The molecule has 11 heavy (non-hydrogen) atoms. The Hall–Kier alpha value is -0.830. The van der Waals surface area contributed by atoms with Gasteiger partial charge in [0.2, 0.25) is 0 Å². The van der Waals surface area contributed by atoms with Crippen LogP contribution in [-0.2, 0) is 4.79 Å². The Labute approximate surface area is 67.1 Å². The molecule has 0 atom stereocenters. The summed E-state index contributed by atoms with van der Waals surface area (Å²) in [5.74, 6) is -0.943. The van der Waals surface area contributed by atoms with Crippen LogP contribution in [0.15, 0.2) is 12.2 Å². The van der Waals surface area contributed by atoms with Crippen LogP contribution < -0.4 is 5.32 Å². The summed E-state index contributed by atoms with van der Waals surface area (Å²) in [6, 6.07) is 0. The van der Waals surface area contributed by atoms with Gasteiger partial charge in [-0.25, -0.2) is 4.79 Å². The number of nitrogens with one attached hydrogen (secondary N) is 1. The topological polar surface area (TPSA) is 49.3 Å². The Morgan fingerprint density at radius 3 is 2.27 bits per heavy atom. The summed E-state index contributed by atoms with van der Waals surface area (Å²) in [6.45, 7) is 9.65. The summed E-state index contributed by atoms with van der Waals surface area (Å²) >= 11 is 0. The van der Waals surface area contributed by atoms with Crippen molar-refractivity contribution in [1.82, 2.24) is 5.32 Å². The van der Waals surface area contributed by atoms with Crippen LogP contribution in [0.25, 0.3) is 0 Å². The van der Waals surface area contributed by atoms with Gasteiger partial charge in [0.05, 0.1) is 0 Å². The SMILES string of the molecule is C=C(CNC(C)(C)C)C(=O)O. The first-order chi connectivity index (χ1) is 4.83. The normalized spacial score (nSPS) is 11.2. The highest BCUT2D eigenvalue weighted by molar-refractivity contribution is 5.86. The number of carboxylic acids is 1. The van der Waals surface area contributed by atoms with Crippen LogP contribution in [0.1, 0.15) is 20.8 Å². The van der Waals surface area contributed by atoms with Gasteiger partial charge >= 0.3 is 5.97 Å². The van der Waals surface area contributed by atoms with E-state index in [1.165, 1.54) is 0 Å². The van der Waals surface area contributed by atoms with Gasteiger partial charge in [0.1, 0.15) is 0 Å². The zero-order chi connectivity index (χ0) is 9.07. The molecule has 3 nitrogen and oxygen atoms in total. The molecule has 0 spiro atoms. The van der Waals surface area contributed by atoms with Gasteiger partial charge in [-0.05, 0) is 20.8 Å². The number of carboxylic acid groups (broad SMARTS) is 1. The maximum atomic E-state index is 10.3. The molecule has 0 unspecified atom stereocenters. The second-order valence-corrected chi connectivity index (χ2v) is 3.51. The van der Waals surface area contributed by atoms with Crippen molar-refractivity contribution in [2.45, 2.75) is 26.3 Å². The van der Waals surface area contributed by atoms with E-state index in [1.807, 2.05) is 20.8 Å². The minimum Gasteiger partial charge on any atom is -0.478 e. The average molecular weight is 157 g/mol. The van der Waals surface area contributed by atoms with E-state index >= 15 is 0 Å². The Balaban J connectivity index is 3.73. The number of carbonyl (C=O) groups is 1. The lowest BCUT2D eigenvalue weighted by molar-refractivity contribution is -0.132. The molecular weight excluding hydrogens is 142 g/mol. The zero-order valence-corrected chi connectivity index (χ0v) is 7.27. The van der Waals surface area contributed by atoms with Crippen molar-refractivity contribution in [2.24, 2.45) is 0 Å². The van der Waals surface area contributed by atoms with Gasteiger partial charge in [-0.15, -0.1) is 0 Å². The molecule has 0 aliphatic rings. The minimum atomic E-state index is -0.943. The van der Waals surface area contributed by atoms with Crippen molar-refractivity contribution in [2.75, 3.05) is 6.54 Å². The summed E-state index contributed by atoms with van der Waals surface area (Å²) in [5.41, 5.74) is 0.137. The van der Waals surface area contributed by atoms with Crippen LogP contribution in [0, 0.1) is 0 Å². The van der Waals surface area contributed by atoms with E-state index in [1.54, 1.807) is 0 Å². The largest absolute Gasteiger partial charge is 0.478 e. The quantitative estimate of drug-likeness (QED) is 0.601. The fourth-order valence-electron chi connectivity index (χ4n) is 0.447. The van der Waals surface area contributed by atoms with E-state index in [-0.39, 0.29) is 11.1 Å². The van der Waals surface area contributed by atoms with E-state index in [4.69, 9.17) is 5.11 Å². The van der Waals surface area contributed by atoms with Crippen LogP contribution in [-0.4, -0.2) is 23.2 Å². The van der Waals surface area contributed by atoms with Crippen molar-refractivity contribution in [3.8, 4) is 0 Å². The maximum Gasteiger partial charge on any atom is 0.332 e. The Morgan fingerprint density at radius 1 is 1.55 bits per heavy atom. The Morgan fingerprint density at radius 2 is 2.00 bits per heavy atom. The van der Waals surface area contributed by atoms with Gasteiger partial charge in [0, 0.05) is 17.7 Å². The highest BCUT2D eigenvalue weighted by atomic mass is 16.4. The van der Waals surface area contributed by atoms with E-state index < -0.39 is 5.97 Å². The summed E-state index contributed by atoms with van der Waals surface area (Å²) in [5, 5.41) is 11.5. The summed E-state index contributed by atoms with van der Waals surface area (Å²) in [4.78, 5) is 10.3. The Kier molecular flexibility index (Phi) is 3.26. The van der Waals surface area contributed by atoms with Gasteiger partial charge in [0.15, 0.2) is 0 Å². The average Bonchev–Trinajstić information content (AvgIpc) is 1.80. The van der Waals surface area contributed by atoms with Crippen LogP contribution in [0.5, 0.6) is 0 Å². The van der Waals surface area contributed by atoms with E-state index in [0.717, 1.165) is 0 Å². The van der Waals surface area contributed by atoms with Crippen molar-refractivity contribution in [3.05, 3.63) is 12.2 Å². The third-order valence-corrected chi connectivity index (χ3v) is 1.13. The second-order valence-electron chi connectivity index (χ2n) is 3.51. The lowest BCUT2D eigenvalue weighted by Gasteiger charge is -2.20. The smallest absolute Gasteiger partial charge is 0.332 e. The number of rotatable bonds is 3. The molecule has 0 amide bonds. The molecule has 0 rings (SSSR count). The van der Waals surface area contributed by atoms with E-state index in [2.05, 4.69) is 11.9 Å². The molecule has 64 valence electrons. The van der Waals surface area contributed by atoms with Crippen molar-refractivity contribution in [3.63, 3.8) is 0 Å². The molecule has 0 saturated carbocycles. The zero-order valence-electron chi connectivity index (χ0n) is 7.27. The predicted octanol–water partition coefficient (Wildman–Crippen LogP) is 1.02. The molecule has 3 heteroatoms. The first-order valence-electron chi connectivity index (χ1n) is 3.49. The molecule has 0 aromatic rings. The molecular formula is C8H15NO2. The number of aliphatic carboxylic acids is 1. The third-order valence-electron chi connectivity index (χ3n) is 1.13. The monoisotopic (exact) mass is 157 g/mol. The molecule has 0 aliphatic carbocycles. The summed E-state index contributed by atoms with van der Waals surface area (Å²) in [6.07, 6.45) is 0. The molecule has 0 heterocycles. The Bertz CT molecular complexity index is 167. The highest BCUT2D eigenvalue weighted by Crippen LogP contribution is 1.99. The van der Waals surface area contributed by atoms with E-state index in [0.29, 0.717) is 6.54 Å². The maximum absolute atomic E-state index is 10.3. The standard InChI is InChI=1S/C8H15NO2/c1-6(7(10)11)5-9-8(2,3)4/h9H,1,5H2,2-4H3,(H,10,11). The van der Waals surface area contributed by atoms with Crippen LogP contribution >= 0.6 is 0 Å². The number of hydrogen-bond donors (Lipinski definition) is 2. The van der Waals surface area contributed by atoms with Gasteiger partial charge in [-0.1, -0.05) is 6.58 Å². The van der Waals surface area contributed by atoms with Crippen LogP contribution in [0.4, 0.5) is 0 Å². The van der Waals surface area contributed by atoms with Crippen LogP contribution in [0.2, 0.25) is 0 Å². The lowest BCUT2D eigenvalue weighted by atomic mass is 10.1. The second kappa shape index (κ2) is 3.53. The van der Waals surface area contributed by atoms with Gasteiger partial charge in [0.25, 0.3) is 0 Å². The third kappa shape index (κ3) is 5.61. The van der Waals surface area contributed by atoms with Crippen molar-refractivity contribution in [1.29, 1.82) is 0 Å². The fourth-order valence-corrected chi connectivity index (χ4v) is 0.447. The molecule has 0 aliphatic heterocycles. The van der Waals surface area contributed by atoms with Gasteiger partial charge < -0.3 is 10.4 Å².